The quantitative estimate of drug-likeness (QED) is 0.421. The number of hydrogen-bond acceptors (Lipinski definition) is 6. The van der Waals surface area contributed by atoms with Crippen molar-refractivity contribution in [1.29, 1.82) is 0 Å². The standard InChI is InChI=1S/C13H24O7/c1-4-13(2,3)20-12(16)10-19-8-6-17-5-7-18-9-11(14)15/h4-10H2,1-3H3,(H,14,15). The van der Waals surface area contributed by atoms with Gasteiger partial charge in [-0.25, -0.2) is 9.59 Å². The molecule has 118 valence electrons. The van der Waals surface area contributed by atoms with Crippen molar-refractivity contribution in [2.24, 2.45) is 0 Å². The number of carboxylic acid groups (broad SMARTS) is 1. The highest BCUT2D eigenvalue weighted by Crippen LogP contribution is 2.13. The molecule has 0 saturated heterocycles. The van der Waals surface area contributed by atoms with E-state index in [4.69, 9.17) is 24.1 Å². The molecule has 0 aliphatic heterocycles. The first kappa shape index (κ1) is 18.8. The van der Waals surface area contributed by atoms with Gasteiger partial charge in [0.05, 0.1) is 26.4 Å². The molecule has 0 aromatic heterocycles. The van der Waals surface area contributed by atoms with E-state index < -0.39 is 17.5 Å². The first-order valence-corrected chi connectivity index (χ1v) is 6.54. The molecule has 0 aliphatic rings. The molecular weight excluding hydrogens is 268 g/mol. The van der Waals surface area contributed by atoms with Crippen LogP contribution in [0.1, 0.15) is 27.2 Å². The molecule has 1 N–H and O–H groups in total. The van der Waals surface area contributed by atoms with E-state index in [9.17, 15) is 9.59 Å². The second-order valence-electron chi connectivity index (χ2n) is 4.70. The highest BCUT2D eigenvalue weighted by molar-refractivity contribution is 5.71. The van der Waals surface area contributed by atoms with Crippen LogP contribution < -0.4 is 0 Å². The minimum atomic E-state index is -1.01. The molecule has 0 atom stereocenters. The van der Waals surface area contributed by atoms with Gasteiger partial charge in [0.2, 0.25) is 0 Å². The van der Waals surface area contributed by atoms with Crippen LogP contribution in [0.15, 0.2) is 0 Å². The molecule has 0 fully saturated rings. The number of carbonyl (C=O) groups is 2. The lowest BCUT2D eigenvalue weighted by atomic mass is 10.1. The van der Waals surface area contributed by atoms with Crippen LogP contribution in [0.2, 0.25) is 0 Å². The molecule has 0 aromatic carbocycles. The molecule has 0 spiro atoms. The van der Waals surface area contributed by atoms with Crippen LogP contribution in [-0.4, -0.2) is 62.3 Å². The molecule has 0 bridgehead atoms. The molecule has 0 rings (SSSR count). The number of hydrogen-bond donors (Lipinski definition) is 1. The Kier molecular flexibility index (Phi) is 9.96. The summed E-state index contributed by atoms with van der Waals surface area (Å²) in [6.45, 7) is 6.23. The summed E-state index contributed by atoms with van der Waals surface area (Å²) < 4.78 is 20.2. The van der Waals surface area contributed by atoms with Crippen LogP contribution in [0.5, 0.6) is 0 Å². The lowest BCUT2D eigenvalue weighted by molar-refractivity contribution is -0.162. The van der Waals surface area contributed by atoms with Crippen molar-refractivity contribution < 1.29 is 33.6 Å². The Hall–Kier alpha value is -1.18. The topological polar surface area (TPSA) is 91.3 Å². The Morgan fingerprint density at radius 3 is 1.95 bits per heavy atom. The Morgan fingerprint density at radius 2 is 1.45 bits per heavy atom. The second-order valence-corrected chi connectivity index (χ2v) is 4.70. The molecule has 7 nitrogen and oxygen atoms in total. The Morgan fingerprint density at radius 1 is 0.950 bits per heavy atom. The zero-order valence-corrected chi connectivity index (χ0v) is 12.3. The molecule has 0 amide bonds. The van der Waals surface area contributed by atoms with Crippen LogP contribution in [0.3, 0.4) is 0 Å². The third-order valence-corrected chi connectivity index (χ3v) is 2.43. The highest BCUT2D eigenvalue weighted by atomic mass is 16.6. The Bertz CT molecular complexity index is 288. The summed E-state index contributed by atoms with van der Waals surface area (Å²) in [6.07, 6.45) is 0.734. The van der Waals surface area contributed by atoms with Crippen molar-refractivity contribution in [3.8, 4) is 0 Å². The number of rotatable bonds is 12. The summed E-state index contributed by atoms with van der Waals surface area (Å²) in [7, 11) is 0. The van der Waals surface area contributed by atoms with Gasteiger partial charge in [0.25, 0.3) is 0 Å². The Labute approximate surface area is 119 Å². The number of ether oxygens (including phenoxy) is 4. The molecule has 20 heavy (non-hydrogen) atoms. The SMILES string of the molecule is CCC(C)(C)OC(=O)COCCOCCOCC(=O)O. The minimum absolute atomic E-state index is 0.109. The monoisotopic (exact) mass is 292 g/mol. The van der Waals surface area contributed by atoms with Crippen molar-refractivity contribution in [1.82, 2.24) is 0 Å². The van der Waals surface area contributed by atoms with Gasteiger partial charge < -0.3 is 24.1 Å². The van der Waals surface area contributed by atoms with Crippen molar-refractivity contribution >= 4 is 11.9 Å². The fourth-order valence-corrected chi connectivity index (χ4v) is 1.06. The van der Waals surface area contributed by atoms with Gasteiger partial charge in [-0.15, -0.1) is 0 Å². The van der Waals surface area contributed by atoms with E-state index in [-0.39, 0.29) is 33.0 Å². The number of aliphatic carboxylic acids is 1. The maximum absolute atomic E-state index is 11.4. The summed E-state index contributed by atoms with van der Waals surface area (Å²) in [4.78, 5) is 21.5. The average molecular weight is 292 g/mol. The number of carboxylic acids is 1. The van der Waals surface area contributed by atoms with Gasteiger partial charge in [-0.3, -0.25) is 0 Å². The lowest BCUT2D eigenvalue weighted by Gasteiger charge is -2.23. The van der Waals surface area contributed by atoms with Crippen LogP contribution >= 0.6 is 0 Å². The maximum atomic E-state index is 11.4. The second kappa shape index (κ2) is 10.6. The third kappa shape index (κ3) is 11.9. The molecule has 0 saturated carbocycles. The fraction of sp³-hybridized carbons (Fsp3) is 0.846. The van der Waals surface area contributed by atoms with Crippen LogP contribution in [-0.2, 0) is 28.5 Å². The number of carbonyl (C=O) groups excluding carboxylic acids is 1. The molecule has 7 heteroatoms. The van der Waals surface area contributed by atoms with Gasteiger partial charge in [-0.2, -0.15) is 0 Å². The summed E-state index contributed by atoms with van der Waals surface area (Å²) in [5, 5.41) is 8.31. The summed E-state index contributed by atoms with van der Waals surface area (Å²) in [5.41, 5.74) is -0.474. The fourth-order valence-electron chi connectivity index (χ4n) is 1.06. The minimum Gasteiger partial charge on any atom is -0.480 e. The van der Waals surface area contributed by atoms with E-state index in [1.165, 1.54) is 0 Å². The molecule has 0 unspecified atom stereocenters. The van der Waals surface area contributed by atoms with E-state index in [1.54, 1.807) is 0 Å². The zero-order chi connectivity index (χ0) is 15.4. The predicted molar refractivity (Wildman–Crippen MR) is 70.6 cm³/mol. The number of esters is 1. The lowest BCUT2D eigenvalue weighted by Crippen LogP contribution is -2.29. The van der Waals surface area contributed by atoms with Gasteiger partial charge in [-0.1, -0.05) is 6.92 Å². The van der Waals surface area contributed by atoms with Gasteiger partial charge in [-0.05, 0) is 20.3 Å². The van der Waals surface area contributed by atoms with Gasteiger partial charge >= 0.3 is 11.9 Å². The van der Waals surface area contributed by atoms with Crippen molar-refractivity contribution in [2.75, 3.05) is 39.6 Å². The average Bonchev–Trinajstić information content (AvgIpc) is 2.36. The van der Waals surface area contributed by atoms with E-state index in [0.717, 1.165) is 6.42 Å². The maximum Gasteiger partial charge on any atom is 0.332 e. The molecule has 0 radical (unpaired) electrons. The van der Waals surface area contributed by atoms with Crippen LogP contribution in [0.4, 0.5) is 0 Å². The van der Waals surface area contributed by atoms with Gasteiger partial charge in [0.1, 0.15) is 18.8 Å². The van der Waals surface area contributed by atoms with E-state index in [1.807, 2.05) is 20.8 Å². The van der Waals surface area contributed by atoms with Crippen LogP contribution in [0, 0.1) is 0 Å². The molecule has 0 aromatic rings. The zero-order valence-electron chi connectivity index (χ0n) is 12.3. The van der Waals surface area contributed by atoms with Crippen molar-refractivity contribution in [3.63, 3.8) is 0 Å². The van der Waals surface area contributed by atoms with Crippen LogP contribution in [0.25, 0.3) is 0 Å². The normalized spacial score (nSPS) is 11.3. The van der Waals surface area contributed by atoms with E-state index in [2.05, 4.69) is 0 Å². The summed E-state index contributed by atoms with van der Waals surface area (Å²) in [5.74, 6) is -1.41. The summed E-state index contributed by atoms with van der Waals surface area (Å²) >= 11 is 0. The first-order chi connectivity index (χ1) is 9.37. The van der Waals surface area contributed by atoms with E-state index in [0.29, 0.717) is 6.61 Å². The van der Waals surface area contributed by atoms with Crippen molar-refractivity contribution in [2.45, 2.75) is 32.8 Å². The summed E-state index contributed by atoms with van der Waals surface area (Å²) in [6, 6.07) is 0. The molecule has 0 heterocycles. The first-order valence-electron chi connectivity index (χ1n) is 6.54. The predicted octanol–water partition coefficient (Wildman–Crippen LogP) is 0.853. The van der Waals surface area contributed by atoms with Gasteiger partial charge in [0.15, 0.2) is 0 Å². The third-order valence-electron chi connectivity index (χ3n) is 2.43. The largest absolute Gasteiger partial charge is 0.480 e. The smallest absolute Gasteiger partial charge is 0.332 e. The highest BCUT2D eigenvalue weighted by Gasteiger charge is 2.20. The molecular formula is C13H24O7. The van der Waals surface area contributed by atoms with E-state index >= 15 is 0 Å². The van der Waals surface area contributed by atoms with Gasteiger partial charge in [0, 0.05) is 0 Å². The molecule has 0 aliphatic carbocycles. The van der Waals surface area contributed by atoms with Crippen molar-refractivity contribution in [3.05, 3.63) is 0 Å². The Balaban J connectivity index is 3.36.